The van der Waals surface area contributed by atoms with E-state index in [2.05, 4.69) is 17.2 Å². The third-order valence-electron chi connectivity index (χ3n) is 3.72. The molecule has 0 bridgehead atoms. The Morgan fingerprint density at radius 2 is 2.42 bits per heavy atom. The van der Waals surface area contributed by atoms with Crippen LogP contribution in [0.4, 0.5) is 0 Å². The molecule has 0 aromatic carbocycles. The van der Waals surface area contributed by atoms with Crippen LogP contribution in [0.1, 0.15) is 43.1 Å². The lowest BCUT2D eigenvalue weighted by molar-refractivity contribution is 0.0693. The quantitative estimate of drug-likeness (QED) is 0.837. The van der Waals surface area contributed by atoms with E-state index in [1.54, 1.807) is 18.2 Å². The number of hydrogen-bond donors (Lipinski definition) is 2. The van der Waals surface area contributed by atoms with Gasteiger partial charge in [-0.1, -0.05) is 37.4 Å². The summed E-state index contributed by atoms with van der Waals surface area (Å²) in [6.07, 6.45) is 3.77. The summed E-state index contributed by atoms with van der Waals surface area (Å²) >= 11 is 5.78. The Kier molecular flexibility index (Phi) is 4.42. The largest absolute Gasteiger partial charge is 0.394 e. The number of amides is 1. The van der Waals surface area contributed by atoms with E-state index in [0.29, 0.717) is 16.8 Å². The number of pyridine rings is 1. The van der Waals surface area contributed by atoms with Gasteiger partial charge in [-0.2, -0.15) is 0 Å². The molecule has 0 aliphatic heterocycles. The van der Waals surface area contributed by atoms with E-state index in [9.17, 15) is 9.90 Å². The average Bonchev–Trinajstić information content (AvgIpc) is 2.38. The summed E-state index contributed by atoms with van der Waals surface area (Å²) in [6, 6.07) is 4.95. The first kappa shape index (κ1) is 14.3. The van der Waals surface area contributed by atoms with Crippen LogP contribution in [0.2, 0.25) is 5.15 Å². The van der Waals surface area contributed by atoms with Gasteiger partial charge in [0.25, 0.3) is 5.91 Å². The number of aliphatic hydroxyl groups is 1. The number of aliphatic hydroxyl groups excluding tert-OH is 1. The van der Waals surface area contributed by atoms with Crippen molar-refractivity contribution in [2.24, 2.45) is 5.92 Å². The van der Waals surface area contributed by atoms with E-state index in [1.807, 2.05) is 0 Å². The summed E-state index contributed by atoms with van der Waals surface area (Å²) in [5.74, 6) is 0.235. The van der Waals surface area contributed by atoms with Gasteiger partial charge in [-0.3, -0.25) is 4.79 Å². The van der Waals surface area contributed by atoms with Crippen LogP contribution in [-0.2, 0) is 0 Å². The molecule has 1 aliphatic carbocycles. The van der Waals surface area contributed by atoms with Crippen molar-refractivity contribution < 1.29 is 9.90 Å². The molecule has 1 amide bonds. The van der Waals surface area contributed by atoms with Crippen molar-refractivity contribution in [3.63, 3.8) is 0 Å². The van der Waals surface area contributed by atoms with Crippen molar-refractivity contribution in [1.29, 1.82) is 0 Å². The predicted molar refractivity (Wildman–Crippen MR) is 74.2 cm³/mol. The minimum atomic E-state index is -0.515. The highest BCUT2D eigenvalue weighted by Gasteiger charge is 2.36. The number of carbonyl (C=O) groups is 1. The van der Waals surface area contributed by atoms with Gasteiger partial charge in [-0.05, 0) is 30.9 Å². The van der Waals surface area contributed by atoms with Gasteiger partial charge in [0.1, 0.15) is 10.8 Å². The molecule has 1 heterocycles. The fourth-order valence-corrected chi connectivity index (χ4v) is 2.96. The first-order valence-corrected chi connectivity index (χ1v) is 6.98. The van der Waals surface area contributed by atoms with Crippen LogP contribution < -0.4 is 5.32 Å². The molecule has 19 heavy (non-hydrogen) atoms. The minimum Gasteiger partial charge on any atom is -0.394 e. The molecule has 5 heteroatoms. The Labute approximate surface area is 118 Å². The number of nitrogens with one attached hydrogen (secondary N) is 1. The molecule has 1 aliphatic rings. The number of hydrogen-bond acceptors (Lipinski definition) is 3. The van der Waals surface area contributed by atoms with Crippen LogP contribution in [0.3, 0.4) is 0 Å². The lowest BCUT2D eigenvalue weighted by Crippen LogP contribution is -2.54. The molecule has 0 saturated heterocycles. The topological polar surface area (TPSA) is 62.2 Å². The third-order valence-corrected chi connectivity index (χ3v) is 3.93. The van der Waals surface area contributed by atoms with Crippen molar-refractivity contribution in [2.45, 2.75) is 38.1 Å². The lowest BCUT2D eigenvalue weighted by Gasteiger charge is -2.39. The highest BCUT2D eigenvalue weighted by atomic mass is 35.5. The van der Waals surface area contributed by atoms with E-state index in [-0.39, 0.29) is 12.5 Å². The first-order valence-electron chi connectivity index (χ1n) is 6.61. The van der Waals surface area contributed by atoms with Gasteiger partial charge < -0.3 is 10.4 Å². The third kappa shape index (κ3) is 3.45. The van der Waals surface area contributed by atoms with Crippen molar-refractivity contribution in [1.82, 2.24) is 10.3 Å². The summed E-state index contributed by atoms with van der Waals surface area (Å²) in [4.78, 5) is 16.2. The second-order valence-electron chi connectivity index (χ2n) is 5.44. The molecule has 1 saturated carbocycles. The number of aromatic nitrogens is 1. The minimum absolute atomic E-state index is 0.0380. The van der Waals surface area contributed by atoms with Gasteiger partial charge in [0.15, 0.2) is 0 Å². The Morgan fingerprint density at radius 3 is 3.05 bits per heavy atom. The molecule has 2 unspecified atom stereocenters. The molecule has 2 atom stereocenters. The predicted octanol–water partition coefficient (Wildman–Crippen LogP) is 2.41. The molecule has 4 nitrogen and oxygen atoms in total. The normalized spacial score (nSPS) is 27.0. The van der Waals surface area contributed by atoms with E-state index < -0.39 is 5.54 Å². The van der Waals surface area contributed by atoms with Crippen LogP contribution in [0.25, 0.3) is 0 Å². The van der Waals surface area contributed by atoms with E-state index in [1.165, 1.54) is 0 Å². The molecule has 2 rings (SSSR count). The summed E-state index contributed by atoms with van der Waals surface area (Å²) < 4.78 is 0. The zero-order valence-electron chi connectivity index (χ0n) is 11.0. The van der Waals surface area contributed by atoms with Crippen molar-refractivity contribution in [3.8, 4) is 0 Å². The van der Waals surface area contributed by atoms with Crippen LogP contribution in [0, 0.1) is 5.92 Å². The zero-order valence-corrected chi connectivity index (χ0v) is 11.8. The van der Waals surface area contributed by atoms with Crippen LogP contribution >= 0.6 is 11.6 Å². The average molecular weight is 283 g/mol. The summed E-state index contributed by atoms with van der Waals surface area (Å²) in [7, 11) is 0. The first-order chi connectivity index (χ1) is 9.04. The number of halogens is 1. The van der Waals surface area contributed by atoms with E-state index in [4.69, 9.17) is 11.6 Å². The summed E-state index contributed by atoms with van der Waals surface area (Å²) in [5, 5.41) is 12.9. The highest BCUT2D eigenvalue weighted by Crippen LogP contribution is 2.32. The monoisotopic (exact) mass is 282 g/mol. The molecular weight excluding hydrogens is 264 g/mol. The van der Waals surface area contributed by atoms with E-state index in [0.717, 1.165) is 25.7 Å². The van der Waals surface area contributed by atoms with Crippen molar-refractivity contribution in [2.75, 3.05) is 6.61 Å². The highest BCUT2D eigenvalue weighted by molar-refractivity contribution is 6.29. The maximum absolute atomic E-state index is 12.2. The zero-order chi connectivity index (χ0) is 13.9. The van der Waals surface area contributed by atoms with Crippen LogP contribution in [0.15, 0.2) is 18.2 Å². The molecule has 104 valence electrons. The molecule has 1 fully saturated rings. The number of nitrogens with zero attached hydrogens (tertiary/aromatic N) is 1. The fraction of sp³-hybridized carbons (Fsp3) is 0.571. The van der Waals surface area contributed by atoms with Gasteiger partial charge in [0, 0.05) is 0 Å². The molecule has 0 spiro atoms. The Balaban J connectivity index is 2.12. The summed E-state index contributed by atoms with van der Waals surface area (Å²) in [6.45, 7) is 2.11. The second kappa shape index (κ2) is 5.88. The Morgan fingerprint density at radius 1 is 1.63 bits per heavy atom. The smallest absolute Gasteiger partial charge is 0.270 e. The van der Waals surface area contributed by atoms with Gasteiger partial charge in [0.2, 0.25) is 0 Å². The van der Waals surface area contributed by atoms with Gasteiger partial charge in [0.05, 0.1) is 12.1 Å². The summed E-state index contributed by atoms with van der Waals surface area (Å²) in [5.41, 5.74) is -0.225. The second-order valence-corrected chi connectivity index (χ2v) is 5.83. The molecular formula is C14H19ClN2O2. The van der Waals surface area contributed by atoms with Crippen LogP contribution in [0.5, 0.6) is 0 Å². The Bertz CT molecular complexity index is 467. The number of rotatable bonds is 3. The van der Waals surface area contributed by atoms with Gasteiger partial charge in [-0.25, -0.2) is 4.98 Å². The maximum Gasteiger partial charge on any atom is 0.270 e. The van der Waals surface area contributed by atoms with Crippen molar-refractivity contribution >= 4 is 17.5 Å². The lowest BCUT2D eigenvalue weighted by atomic mass is 9.77. The SMILES string of the molecule is CC1CCCC(CO)(NC(=O)c2cccc(Cl)n2)C1. The number of carbonyl (C=O) groups excluding carboxylic acids is 1. The molecule has 2 N–H and O–H groups in total. The molecule has 0 radical (unpaired) electrons. The van der Waals surface area contributed by atoms with Gasteiger partial charge >= 0.3 is 0 Å². The molecule has 1 aromatic heterocycles. The fourth-order valence-electron chi connectivity index (χ4n) is 2.80. The van der Waals surface area contributed by atoms with Gasteiger partial charge in [-0.15, -0.1) is 0 Å². The van der Waals surface area contributed by atoms with E-state index >= 15 is 0 Å². The maximum atomic E-state index is 12.2. The van der Waals surface area contributed by atoms with Crippen molar-refractivity contribution in [3.05, 3.63) is 29.0 Å². The molecule has 1 aromatic rings. The van der Waals surface area contributed by atoms with Crippen LogP contribution in [-0.4, -0.2) is 28.1 Å². The standard InChI is InChI=1S/C14H19ClN2O2/c1-10-4-3-7-14(8-10,9-18)17-13(19)11-5-2-6-12(15)16-11/h2,5-6,10,18H,3-4,7-9H2,1H3,(H,17,19). The Hall–Kier alpha value is -1.13.